The number of carbonyl (C=O) groups excluding carboxylic acids is 1. The third-order valence-corrected chi connectivity index (χ3v) is 5.19. The van der Waals surface area contributed by atoms with Crippen molar-refractivity contribution in [3.63, 3.8) is 0 Å². The first kappa shape index (κ1) is 16.2. The summed E-state index contributed by atoms with van der Waals surface area (Å²) in [6, 6.07) is 5.87. The van der Waals surface area contributed by atoms with Crippen LogP contribution in [-0.4, -0.2) is 47.5 Å². The number of carboxylic acids is 1. The van der Waals surface area contributed by atoms with Gasteiger partial charge in [-0.05, 0) is 12.1 Å². The van der Waals surface area contributed by atoms with Crippen LogP contribution in [0.25, 0.3) is 10.2 Å². The van der Waals surface area contributed by atoms with Gasteiger partial charge in [-0.1, -0.05) is 6.07 Å². The van der Waals surface area contributed by atoms with Crippen LogP contribution < -0.4 is 4.90 Å². The van der Waals surface area contributed by atoms with E-state index >= 15 is 0 Å². The van der Waals surface area contributed by atoms with Gasteiger partial charge in [0.25, 0.3) is 0 Å². The minimum Gasteiger partial charge on any atom is -0.481 e. The quantitative estimate of drug-likeness (QED) is 0.803. The average molecular weight is 352 g/mol. The van der Waals surface area contributed by atoms with Crippen LogP contribution in [0.2, 0.25) is 0 Å². The highest BCUT2D eigenvalue weighted by molar-refractivity contribution is 7.96. The molecule has 8 heteroatoms. The number of para-hydroxylation sites is 1. The molecule has 122 valence electrons. The lowest BCUT2D eigenvalue weighted by Gasteiger charge is -2.28. The molecule has 6 nitrogen and oxygen atoms in total. The number of morpholine rings is 1. The number of nitrogens with zero attached hydrogens (tertiary/aromatic N) is 2. The maximum Gasteiger partial charge on any atom is 0.304 e. The lowest BCUT2D eigenvalue weighted by molar-refractivity contribution is -0.138. The molecule has 1 atom stereocenters. The molecule has 0 radical (unpaired) electrons. The van der Waals surface area contributed by atoms with Gasteiger partial charge in [-0.15, -0.1) is 24.0 Å². The largest absolute Gasteiger partial charge is 0.481 e. The summed E-state index contributed by atoms with van der Waals surface area (Å²) in [6.45, 7) is 2.92. The summed E-state index contributed by atoms with van der Waals surface area (Å²) in [5.41, 5.74) is 1.80. The highest BCUT2D eigenvalue weighted by Crippen LogP contribution is 2.35. The second kappa shape index (κ2) is 6.86. The van der Waals surface area contributed by atoms with E-state index in [2.05, 4.69) is 22.5 Å². The van der Waals surface area contributed by atoms with Crippen LogP contribution in [0.5, 0.6) is 0 Å². The first-order valence-electron chi connectivity index (χ1n) is 7.23. The Morgan fingerprint density at radius 3 is 2.78 bits per heavy atom. The molecule has 0 aliphatic carbocycles. The van der Waals surface area contributed by atoms with Crippen LogP contribution in [0.1, 0.15) is 17.3 Å². The molecule has 0 spiro atoms. The molecule has 0 bridgehead atoms. The fraction of sp³-hybridized carbons (Fsp3) is 0.400. The van der Waals surface area contributed by atoms with Crippen molar-refractivity contribution in [2.45, 2.75) is 12.3 Å². The number of fused-ring (bicyclic) bond motifs is 1. The maximum absolute atomic E-state index is 11.7. The van der Waals surface area contributed by atoms with E-state index in [-0.39, 0.29) is 6.42 Å². The first-order chi connectivity index (χ1) is 11.1. The molecule has 1 unspecified atom stereocenters. The molecule has 0 amide bonds. The third kappa shape index (κ3) is 3.49. The fourth-order valence-corrected chi connectivity index (χ4v) is 4.00. The van der Waals surface area contributed by atoms with Gasteiger partial charge in [0.1, 0.15) is 10.5 Å². The van der Waals surface area contributed by atoms with Gasteiger partial charge in [-0.25, -0.2) is 4.98 Å². The summed E-state index contributed by atoms with van der Waals surface area (Å²) >= 11 is 5.18. The molecule has 1 N–H and O–H groups in total. The van der Waals surface area contributed by atoms with Gasteiger partial charge < -0.3 is 14.7 Å². The van der Waals surface area contributed by atoms with E-state index in [9.17, 15) is 9.59 Å². The number of anilines is 1. The average Bonchev–Trinajstić information content (AvgIpc) is 2.96. The highest BCUT2D eigenvalue weighted by atomic mass is 32.1. The number of hydrogen-bond donors (Lipinski definition) is 2. The van der Waals surface area contributed by atoms with Crippen molar-refractivity contribution in [3.05, 3.63) is 23.2 Å². The van der Waals surface area contributed by atoms with Crippen molar-refractivity contribution < 1.29 is 19.4 Å². The summed E-state index contributed by atoms with van der Waals surface area (Å²) in [5, 5.41) is 9.03. The Morgan fingerprint density at radius 2 is 2.13 bits per heavy atom. The molecule has 2 aromatic rings. The molecule has 0 saturated carbocycles. The number of rotatable bonds is 5. The van der Waals surface area contributed by atoms with Gasteiger partial charge in [0.15, 0.2) is 5.12 Å². The van der Waals surface area contributed by atoms with Crippen molar-refractivity contribution in [3.8, 4) is 0 Å². The molecule has 1 saturated heterocycles. The number of benzene rings is 1. The van der Waals surface area contributed by atoms with E-state index in [1.807, 2.05) is 18.2 Å². The SMILES string of the molecule is O=C(O)CC(C(=O)S)c1nc2c(N3CCOCC3)cccc2s1. The Kier molecular flexibility index (Phi) is 4.84. The Bertz CT molecular complexity index is 740. The summed E-state index contributed by atoms with van der Waals surface area (Å²) < 4.78 is 6.31. The van der Waals surface area contributed by atoms with E-state index < -0.39 is 17.0 Å². The van der Waals surface area contributed by atoms with Gasteiger partial charge in [0.2, 0.25) is 0 Å². The molecule has 3 rings (SSSR count). The second-order valence-corrected chi connectivity index (χ2v) is 6.77. The molecular weight excluding hydrogens is 336 g/mol. The standard InChI is InChI=1S/C15H16N2O4S2/c18-12(19)8-9(15(20)22)14-16-13-10(2-1-3-11(13)23-14)17-4-6-21-7-5-17/h1-3,9H,4-8H2,(H,18,19)(H,20,22). The van der Waals surface area contributed by atoms with Crippen LogP contribution in [0, 0.1) is 0 Å². The molecule has 1 aromatic carbocycles. The minimum atomic E-state index is -1.04. The summed E-state index contributed by atoms with van der Waals surface area (Å²) in [7, 11) is 0. The Labute approximate surface area is 142 Å². The molecule has 1 aliphatic rings. The van der Waals surface area contributed by atoms with Crippen LogP contribution in [0.3, 0.4) is 0 Å². The van der Waals surface area contributed by atoms with E-state index in [1.165, 1.54) is 11.3 Å². The van der Waals surface area contributed by atoms with Gasteiger partial charge in [-0.2, -0.15) is 0 Å². The normalized spacial score (nSPS) is 16.5. The maximum atomic E-state index is 11.7. The monoisotopic (exact) mass is 352 g/mol. The number of hydrogen-bond acceptors (Lipinski definition) is 6. The Balaban J connectivity index is 2.00. The predicted octanol–water partition coefficient (Wildman–Crippen LogP) is 2.15. The number of aromatic nitrogens is 1. The van der Waals surface area contributed by atoms with E-state index in [0.29, 0.717) is 18.2 Å². The minimum absolute atomic E-state index is 0.297. The van der Waals surface area contributed by atoms with E-state index in [0.717, 1.165) is 29.0 Å². The first-order valence-corrected chi connectivity index (χ1v) is 8.49. The number of ether oxygens (including phenoxy) is 1. The smallest absolute Gasteiger partial charge is 0.304 e. The number of carbonyl (C=O) groups is 2. The zero-order valence-electron chi connectivity index (χ0n) is 12.3. The molecule has 1 fully saturated rings. The molecule has 23 heavy (non-hydrogen) atoms. The lowest BCUT2D eigenvalue weighted by atomic mass is 10.1. The fourth-order valence-electron chi connectivity index (χ4n) is 2.61. The lowest BCUT2D eigenvalue weighted by Crippen LogP contribution is -2.36. The zero-order chi connectivity index (χ0) is 16.4. The second-order valence-electron chi connectivity index (χ2n) is 5.26. The van der Waals surface area contributed by atoms with Crippen LogP contribution in [0.4, 0.5) is 5.69 Å². The van der Waals surface area contributed by atoms with Crippen molar-refractivity contribution in [2.24, 2.45) is 0 Å². The van der Waals surface area contributed by atoms with E-state index in [1.54, 1.807) is 0 Å². The third-order valence-electron chi connectivity index (χ3n) is 3.74. The van der Waals surface area contributed by atoms with Crippen LogP contribution in [0.15, 0.2) is 18.2 Å². The van der Waals surface area contributed by atoms with Gasteiger partial charge in [0, 0.05) is 13.1 Å². The van der Waals surface area contributed by atoms with Crippen LogP contribution in [-0.2, 0) is 14.3 Å². The number of carboxylic acid groups (broad SMARTS) is 1. The molecule has 2 heterocycles. The van der Waals surface area contributed by atoms with Crippen LogP contribution >= 0.6 is 24.0 Å². The van der Waals surface area contributed by atoms with E-state index in [4.69, 9.17) is 9.84 Å². The number of thiazole rings is 1. The van der Waals surface area contributed by atoms with Crippen molar-refractivity contribution >= 4 is 51.0 Å². The van der Waals surface area contributed by atoms with Crippen molar-refractivity contribution in [2.75, 3.05) is 31.2 Å². The van der Waals surface area contributed by atoms with Gasteiger partial charge in [-0.3, -0.25) is 9.59 Å². The summed E-state index contributed by atoms with van der Waals surface area (Å²) in [6.07, 6.45) is -0.297. The zero-order valence-corrected chi connectivity index (χ0v) is 14.0. The van der Waals surface area contributed by atoms with Gasteiger partial charge in [0.05, 0.1) is 35.9 Å². The summed E-state index contributed by atoms with van der Waals surface area (Å²) in [5.74, 6) is -1.85. The topological polar surface area (TPSA) is 79.7 Å². The summed E-state index contributed by atoms with van der Waals surface area (Å²) in [4.78, 5) is 29.4. The number of thiol groups is 1. The molecular formula is C15H16N2O4S2. The van der Waals surface area contributed by atoms with Crippen molar-refractivity contribution in [1.82, 2.24) is 4.98 Å². The Morgan fingerprint density at radius 1 is 1.39 bits per heavy atom. The number of aliphatic carboxylic acids is 1. The van der Waals surface area contributed by atoms with Gasteiger partial charge >= 0.3 is 5.97 Å². The highest BCUT2D eigenvalue weighted by Gasteiger charge is 2.26. The predicted molar refractivity (Wildman–Crippen MR) is 91.6 cm³/mol. The van der Waals surface area contributed by atoms with Crippen molar-refractivity contribution in [1.29, 1.82) is 0 Å². The molecule has 1 aromatic heterocycles. The molecule has 1 aliphatic heterocycles. The Hall–Kier alpha value is -1.64.